The number of halogens is 1. The van der Waals surface area contributed by atoms with Crippen LogP contribution in [0.15, 0.2) is 30.3 Å². The van der Waals surface area contributed by atoms with Crippen LogP contribution >= 0.6 is 11.6 Å². The Morgan fingerprint density at radius 2 is 2.11 bits per heavy atom. The number of fused-ring (bicyclic) bond motifs is 1. The largest absolute Gasteiger partial charge is 0.340 e. The highest BCUT2D eigenvalue weighted by atomic mass is 35.5. The van der Waals surface area contributed by atoms with Gasteiger partial charge in [0.15, 0.2) is 0 Å². The number of hydrogen-bond donors (Lipinski definition) is 0. The summed E-state index contributed by atoms with van der Waals surface area (Å²) in [5, 5.41) is 1.44. The average molecular weight is 277 g/mol. The number of nitrogens with zero attached hydrogens (tertiary/aromatic N) is 2. The summed E-state index contributed by atoms with van der Waals surface area (Å²) in [6, 6.07) is 9.21. The SMILES string of the molecule is CCCCN(C)C(=O)c1cc(Cl)c2ccccc2n1. The Hall–Kier alpha value is -1.61. The van der Waals surface area contributed by atoms with Gasteiger partial charge in [-0.25, -0.2) is 4.98 Å². The van der Waals surface area contributed by atoms with Crippen LogP contribution in [0.1, 0.15) is 30.3 Å². The van der Waals surface area contributed by atoms with Crippen LogP contribution in [-0.2, 0) is 0 Å². The molecule has 1 amide bonds. The third kappa shape index (κ3) is 3.04. The van der Waals surface area contributed by atoms with E-state index >= 15 is 0 Å². The number of carbonyl (C=O) groups is 1. The number of para-hydroxylation sites is 1. The molecule has 0 spiro atoms. The van der Waals surface area contributed by atoms with Gasteiger partial charge in [-0.15, -0.1) is 0 Å². The first kappa shape index (κ1) is 13.8. The van der Waals surface area contributed by atoms with Crippen molar-refractivity contribution in [1.82, 2.24) is 9.88 Å². The summed E-state index contributed by atoms with van der Waals surface area (Å²) in [6.45, 7) is 2.84. The molecule has 0 saturated heterocycles. The van der Waals surface area contributed by atoms with E-state index in [0.29, 0.717) is 10.7 Å². The van der Waals surface area contributed by atoms with E-state index in [1.165, 1.54) is 0 Å². The molecular formula is C15H17ClN2O. The van der Waals surface area contributed by atoms with E-state index in [0.717, 1.165) is 30.3 Å². The number of aromatic nitrogens is 1. The fourth-order valence-corrected chi connectivity index (χ4v) is 2.20. The number of unbranched alkanes of at least 4 members (excludes halogenated alkanes) is 1. The number of hydrogen-bond acceptors (Lipinski definition) is 2. The summed E-state index contributed by atoms with van der Waals surface area (Å²) >= 11 is 6.20. The molecule has 0 N–H and O–H groups in total. The van der Waals surface area contributed by atoms with E-state index in [-0.39, 0.29) is 5.91 Å². The van der Waals surface area contributed by atoms with E-state index in [4.69, 9.17) is 11.6 Å². The molecule has 0 radical (unpaired) electrons. The second kappa shape index (κ2) is 6.02. The van der Waals surface area contributed by atoms with E-state index in [1.54, 1.807) is 18.0 Å². The smallest absolute Gasteiger partial charge is 0.272 e. The monoisotopic (exact) mass is 276 g/mol. The molecule has 100 valence electrons. The summed E-state index contributed by atoms with van der Waals surface area (Å²) in [4.78, 5) is 18.3. The molecule has 1 aromatic heterocycles. The van der Waals surface area contributed by atoms with Gasteiger partial charge in [0, 0.05) is 19.0 Å². The van der Waals surface area contributed by atoms with Crippen molar-refractivity contribution < 1.29 is 4.79 Å². The van der Waals surface area contributed by atoms with Gasteiger partial charge in [0.2, 0.25) is 0 Å². The van der Waals surface area contributed by atoms with Crippen molar-refractivity contribution in [3.8, 4) is 0 Å². The first-order valence-corrected chi connectivity index (χ1v) is 6.82. The molecule has 3 nitrogen and oxygen atoms in total. The summed E-state index contributed by atoms with van der Waals surface area (Å²) in [5.74, 6) is -0.0823. The van der Waals surface area contributed by atoms with Crippen LogP contribution in [-0.4, -0.2) is 29.4 Å². The number of carbonyl (C=O) groups excluding carboxylic acids is 1. The number of amides is 1. The van der Waals surface area contributed by atoms with Crippen LogP contribution in [0.5, 0.6) is 0 Å². The lowest BCUT2D eigenvalue weighted by Gasteiger charge is -2.16. The molecule has 2 rings (SSSR count). The van der Waals surface area contributed by atoms with Gasteiger partial charge in [0.1, 0.15) is 5.69 Å². The maximum absolute atomic E-state index is 12.3. The summed E-state index contributed by atoms with van der Waals surface area (Å²) in [7, 11) is 1.79. The topological polar surface area (TPSA) is 33.2 Å². The molecule has 0 bridgehead atoms. The predicted molar refractivity (Wildman–Crippen MR) is 78.6 cm³/mol. The lowest BCUT2D eigenvalue weighted by Crippen LogP contribution is -2.28. The van der Waals surface area contributed by atoms with Crippen molar-refractivity contribution >= 4 is 28.4 Å². The zero-order chi connectivity index (χ0) is 13.8. The Morgan fingerprint density at radius 3 is 2.84 bits per heavy atom. The van der Waals surface area contributed by atoms with Crippen molar-refractivity contribution in [3.63, 3.8) is 0 Å². The fourth-order valence-electron chi connectivity index (χ4n) is 1.93. The van der Waals surface area contributed by atoms with Crippen LogP contribution < -0.4 is 0 Å². The quantitative estimate of drug-likeness (QED) is 0.852. The van der Waals surface area contributed by atoms with Gasteiger partial charge in [0.25, 0.3) is 5.91 Å². The summed E-state index contributed by atoms with van der Waals surface area (Å²) in [5.41, 5.74) is 1.16. The summed E-state index contributed by atoms with van der Waals surface area (Å²) in [6.07, 6.45) is 2.05. The van der Waals surface area contributed by atoms with Gasteiger partial charge in [-0.05, 0) is 18.6 Å². The van der Waals surface area contributed by atoms with E-state index in [2.05, 4.69) is 11.9 Å². The molecule has 0 fully saturated rings. The Bertz CT molecular complexity index is 598. The van der Waals surface area contributed by atoms with Gasteiger partial charge in [-0.1, -0.05) is 43.1 Å². The van der Waals surface area contributed by atoms with Gasteiger partial charge in [-0.3, -0.25) is 4.79 Å². The van der Waals surface area contributed by atoms with E-state index < -0.39 is 0 Å². The third-order valence-electron chi connectivity index (χ3n) is 3.08. The predicted octanol–water partition coefficient (Wildman–Crippen LogP) is 3.76. The van der Waals surface area contributed by atoms with Crippen molar-refractivity contribution in [2.75, 3.05) is 13.6 Å². The normalized spacial score (nSPS) is 10.7. The molecule has 0 aliphatic rings. The van der Waals surface area contributed by atoms with Crippen LogP contribution in [0.25, 0.3) is 10.9 Å². The summed E-state index contributed by atoms with van der Waals surface area (Å²) < 4.78 is 0. The molecule has 2 aromatic rings. The molecule has 1 heterocycles. The Balaban J connectivity index is 2.32. The standard InChI is InChI=1S/C15H17ClN2O/c1-3-4-9-18(2)15(19)14-10-12(16)11-7-5-6-8-13(11)17-14/h5-8,10H,3-4,9H2,1-2H3. The minimum atomic E-state index is -0.0823. The van der Waals surface area contributed by atoms with Crippen molar-refractivity contribution in [1.29, 1.82) is 0 Å². The number of benzene rings is 1. The highest BCUT2D eigenvalue weighted by Gasteiger charge is 2.14. The number of pyridine rings is 1. The minimum absolute atomic E-state index is 0.0823. The highest BCUT2D eigenvalue weighted by molar-refractivity contribution is 6.35. The van der Waals surface area contributed by atoms with Crippen LogP contribution in [0.3, 0.4) is 0 Å². The number of rotatable bonds is 4. The second-order valence-corrected chi connectivity index (χ2v) is 4.99. The molecule has 4 heteroatoms. The second-order valence-electron chi connectivity index (χ2n) is 4.59. The maximum Gasteiger partial charge on any atom is 0.272 e. The van der Waals surface area contributed by atoms with Crippen molar-refractivity contribution in [2.45, 2.75) is 19.8 Å². The molecule has 0 unspecified atom stereocenters. The lowest BCUT2D eigenvalue weighted by molar-refractivity contribution is 0.0788. The highest BCUT2D eigenvalue weighted by Crippen LogP contribution is 2.23. The van der Waals surface area contributed by atoms with E-state index in [9.17, 15) is 4.79 Å². The van der Waals surface area contributed by atoms with Crippen molar-refractivity contribution in [3.05, 3.63) is 41.0 Å². The van der Waals surface area contributed by atoms with Gasteiger partial charge in [0.05, 0.1) is 10.5 Å². The first-order valence-electron chi connectivity index (χ1n) is 6.44. The Labute approximate surface area is 118 Å². The minimum Gasteiger partial charge on any atom is -0.340 e. The molecule has 0 atom stereocenters. The van der Waals surface area contributed by atoms with Gasteiger partial charge < -0.3 is 4.90 Å². The Kier molecular flexibility index (Phi) is 4.38. The average Bonchev–Trinajstić information content (AvgIpc) is 2.43. The zero-order valence-electron chi connectivity index (χ0n) is 11.2. The van der Waals surface area contributed by atoms with Gasteiger partial charge in [-0.2, -0.15) is 0 Å². The molecular weight excluding hydrogens is 260 g/mol. The molecule has 1 aromatic carbocycles. The fraction of sp³-hybridized carbons (Fsp3) is 0.333. The zero-order valence-corrected chi connectivity index (χ0v) is 11.9. The Morgan fingerprint density at radius 1 is 1.37 bits per heavy atom. The molecule has 0 saturated carbocycles. The van der Waals surface area contributed by atoms with Crippen LogP contribution in [0, 0.1) is 0 Å². The first-order chi connectivity index (χ1) is 9.13. The molecule has 19 heavy (non-hydrogen) atoms. The van der Waals surface area contributed by atoms with E-state index in [1.807, 2.05) is 24.3 Å². The third-order valence-corrected chi connectivity index (χ3v) is 3.39. The van der Waals surface area contributed by atoms with Crippen molar-refractivity contribution in [2.24, 2.45) is 0 Å². The van der Waals surface area contributed by atoms with Crippen LogP contribution in [0.2, 0.25) is 5.02 Å². The molecule has 0 aliphatic heterocycles. The lowest BCUT2D eigenvalue weighted by atomic mass is 10.2. The molecule has 0 aliphatic carbocycles. The maximum atomic E-state index is 12.3. The van der Waals surface area contributed by atoms with Crippen LogP contribution in [0.4, 0.5) is 0 Å². The van der Waals surface area contributed by atoms with Gasteiger partial charge >= 0.3 is 0 Å².